The normalized spacial score (nSPS) is 11.1. The number of rotatable bonds is 6. The van der Waals surface area contributed by atoms with E-state index in [9.17, 15) is 4.79 Å². The Bertz CT molecular complexity index is 894. The Morgan fingerprint density at radius 2 is 2.24 bits per heavy atom. The van der Waals surface area contributed by atoms with Crippen molar-refractivity contribution in [1.29, 1.82) is 0 Å². The van der Waals surface area contributed by atoms with Crippen molar-refractivity contribution in [3.8, 4) is 5.75 Å². The second kappa shape index (κ2) is 8.46. The highest BCUT2D eigenvalue weighted by Crippen LogP contribution is 2.29. The lowest BCUT2D eigenvalue weighted by atomic mass is 10.2. The van der Waals surface area contributed by atoms with Gasteiger partial charge >= 0.3 is 0 Å². The van der Waals surface area contributed by atoms with E-state index < -0.39 is 0 Å². The fourth-order valence-corrected chi connectivity index (χ4v) is 4.29. The Labute approximate surface area is 161 Å². The van der Waals surface area contributed by atoms with Gasteiger partial charge < -0.3 is 4.74 Å². The number of aromatic nitrogens is 1. The number of carbonyl (C=O) groups excluding carboxylic acids is 1. The molecule has 3 aromatic rings. The first-order valence-corrected chi connectivity index (χ1v) is 9.89. The molecule has 1 heterocycles. The van der Waals surface area contributed by atoms with Gasteiger partial charge in [0.15, 0.2) is 4.34 Å². The minimum absolute atomic E-state index is 0.186. The van der Waals surface area contributed by atoms with E-state index in [-0.39, 0.29) is 11.7 Å². The maximum absolute atomic E-state index is 11.9. The van der Waals surface area contributed by atoms with Gasteiger partial charge in [-0.05, 0) is 30.3 Å². The van der Waals surface area contributed by atoms with Gasteiger partial charge in [0.25, 0.3) is 5.91 Å². The lowest BCUT2D eigenvalue weighted by Crippen LogP contribution is -2.19. The Morgan fingerprint density at radius 1 is 1.40 bits per heavy atom. The molecule has 0 saturated carbocycles. The van der Waals surface area contributed by atoms with Gasteiger partial charge in [-0.2, -0.15) is 5.10 Å². The van der Waals surface area contributed by atoms with Gasteiger partial charge in [0, 0.05) is 10.0 Å². The van der Waals surface area contributed by atoms with Gasteiger partial charge in [0.1, 0.15) is 5.75 Å². The second-order valence-corrected chi connectivity index (χ2v) is 8.08. The molecule has 0 aliphatic rings. The first-order chi connectivity index (χ1) is 12.2. The maximum Gasteiger partial charge on any atom is 0.250 e. The van der Waals surface area contributed by atoms with Crippen LogP contribution in [0.4, 0.5) is 0 Å². The van der Waals surface area contributed by atoms with Crippen LogP contribution in [-0.4, -0.2) is 30.0 Å². The summed E-state index contributed by atoms with van der Waals surface area (Å²) in [6.07, 6.45) is 1.56. The number of nitrogens with one attached hydrogen (secondary N) is 1. The molecule has 0 radical (unpaired) electrons. The number of amides is 1. The van der Waals surface area contributed by atoms with Crippen LogP contribution < -0.4 is 10.2 Å². The number of nitrogens with zero attached hydrogens (tertiary/aromatic N) is 2. The van der Waals surface area contributed by atoms with Crippen LogP contribution in [0.1, 0.15) is 5.56 Å². The van der Waals surface area contributed by atoms with Crippen LogP contribution in [0.25, 0.3) is 10.2 Å². The van der Waals surface area contributed by atoms with E-state index in [0.717, 1.165) is 24.6 Å². The number of carbonyl (C=O) groups is 1. The molecule has 0 aliphatic heterocycles. The van der Waals surface area contributed by atoms with Crippen LogP contribution in [0.2, 0.25) is 0 Å². The zero-order valence-corrected chi connectivity index (χ0v) is 16.5. The van der Waals surface area contributed by atoms with E-state index >= 15 is 0 Å². The van der Waals surface area contributed by atoms with Crippen molar-refractivity contribution < 1.29 is 9.53 Å². The molecular formula is C17H14BrN3O2S2. The number of thiazole rings is 1. The summed E-state index contributed by atoms with van der Waals surface area (Å²) in [6, 6.07) is 13.5. The number of benzene rings is 2. The maximum atomic E-state index is 11.9. The van der Waals surface area contributed by atoms with Crippen molar-refractivity contribution in [3.63, 3.8) is 0 Å². The van der Waals surface area contributed by atoms with Crippen molar-refractivity contribution in [3.05, 3.63) is 52.5 Å². The van der Waals surface area contributed by atoms with Crippen LogP contribution in [0, 0.1) is 0 Å². The lowest BCUT2D eigenvalue weighted by Gasteiger charge is -2.04. The zero-order valence-electron chi connectivity index (χ0n) is 13.2. The quantitative estimate of drug-likeness (QED) is 0.355. The SMILES string of the molecule is COc1ccc(Br)cc1C=NNC(=O)CSc1nc2ccccc2s1. The molecule has 0 unspecified atom stereocenters. The van der Waals surface area contributed by atoms with Crippen molar-refractivity contribution in [1.82, 2.24) is 10.4 Å². The number of thioether (sulfide) groups is 1. The summed E-state index contributed by atoms with van der Waals surface area (Å²) in [5.74, 6) is 0.756. The number of halogens is 1. The minimum atomic E-state index is -0.186. The molecule has 0 aliphatic carbocycles. The lowest BCUT2D eigenvalue weighted by molar-refractivity contribution is -0.118. The van der Waals surface area contributed by atoms with Gasteiger partial charge in [-0.3, -0.25) is 4.79 Å². The summed E-state index contributed by atoms with van der Waals surface area (Å²) in [4.78, 5) is 16.4. The fraction of sp³-hybridized carbons (Fsp3) is 0.118. The minimum Gasteiger partial charge on any atom is -0.496 e. The Kier molecular flexibility index (Phi) is 6.06. The summed E-state index contributed by atoms with van der Waals surface area (Å²) in [6.45, 7) is 0. The summed E-state index contributed by atoms with van der Waals surface area (Å²) in [7, 11) is 1.59. The molecule has 0 saturated heterocycles. The van der Waals surface area contributed by atoms with E-state index in [1.807, 2.05) is 42.5 Å². The molecule has 3 rings (SSSR count). The summed E-state index contributed by atoms with van der Waals surface area (Å²) in [5.41, 5.74) is 4.25. The molecule has 2 aromatic carbocycles. The summed E-state index contributed by atoms with van der Waals surface area (Å²) >= 11 is 6.38. The number of hydrazone groups is 1. The molecule has 8 heteroatoms. The Morgan fingerprint density at radius 3 is 3.04 bits per heavy atom. The van der Waals surface area contributed by atoms with E-state index in [1.54, 1.807) is 24.7 Å². The number of fused-ring (bicyclic) bond motifs is 1. The number of hydrogen-bond acceptors (Lipinski definition) is 6. The first-order valence-electron chi connectivity index (χ1n) is 7.29. The highest BCUT2D eigenvalue weighted by Gasteiger charge is 2.07. The van der Waals surface area contributed by atoms with E-state index in [1.165, 1.54) is 11.8 Å². The molecule has 128 valence electrons. The van der Waals surface area contributed by atoms with Crippen LogP contribution in [0.15, 0.2) is 56.4 Å². The molecule has 25 heavy (non-hydrogen) atoms. The topological polar surface area (TPSA) is 63.6 Å². The predicted molar refractivity (Wildman–Crippen MR) is 107 cm³/mol. The smallest absolute Gasteiger partial charge is 0.250 e. The molecule has 0 spiro atoms. The third-order valence-electron chi connectivity index (χ3n) is 3.19. The molecular weight excluding hydrogens is 422 g/mol. The standard InChI is InChI=1S/C17H14BrN3O2S2/c1-23-14-7-6-12(18)8-11(14)9-19-21-16(22)10-24-17-20-13-4-2-3-5-15(13)25-17/h2-9H,10H2,1H3,(H,21,22). The zero-order chi connectivity index (χ0) is 17.6. The van der Waals surface area contributed by atoms with E-state index in [0.29, 0.717) is 5.75 Å². The highest BCUT2D eigenvalue weighted by atomic mass is 79.9. The van der Waals surface area contributed by atoms with Crippen molar-refractivity contribution in [2.45, 2.75) is 4.34 Å². The van der Waals surface area contributed by atoms with Gasteiger partial charge in [-0.1, -0.05) is 39.8 Å². The van der Waals surface area contributed by atoms with Gasteiger partial charge in [0.05, 0.1) is 29.3 Å². The second-order valence-electron chi connectivity index (χ2n) is 4.92. The fourth-order valence-electron chi connectivity index (χ4n) is 2.05. The monoisotopic (exact) mass is 435 g/mol. The van der Waals surface area contributed by atoms with Crippen molar-refractivity contribution in [2.24, 2.45) is 5.10 Å². The highest BCUT2D eigenvalue weighted by molar-refractivity contribution is 9.10. The predicted octanol–water partition coefficient (Wildman–Crippen LogP) is 4.31. The van der Waals surface area contributed by atoms with Crippen LogP contribution in [0.3, 0.4) is 0 Å². The van der Waals surface area contributed by atoms with Gasteiger partial charge in [0.2, 0.25) is 0 Å². The molecule has 0 fully saturated rings. The Balaban J connectivity index is 1.55. The molecule has 0 atom stereocenters. The largest absolute Gasteiger partial charge is 0.496 e. The van der Waals surface area contributed by atoms with Gasteiger partial charge in [-0.25, -0.2) is 10.4 Å². The van der Waals surface area contributed by atoms with E-state index in [4.69, 9.17) is 4.74 Å². The van der Waals surface area contributed by atoms with Crippen molar-refractivity contribution >= 4 is 61.4 Å². The molecule has 1 aromatic heterocycles. The van der Waals surface area contributed by atoms with Crippen LogP contribution in [-0.2, 0) is 4.79 Å². The average Bonchev–Trinajstić information content (AvgIpc) is 3.03. The number of para-hydroxylation sites is 1. The molecule has 5 nitrogen and oxygen atoms in total. The third kappa shape index (κ3) is 4.81. The third-order valence-corrected chi connectivity index (χ3v) is 5.86. The average molecular weight is 436 g/mol. The number of hydrogen-bond donors (Lipinski definition) is 1. The summed E-state index contributed by atoms with van der Waals surface area (Å²) < 4.78 is 8.15. The van der Waals surface area contributed by atoms with E-state index in [2.05, 4.69) is 31.4 Å². The van der Waals surface area contributed by atoms with Crippen LogP contribution in [0.5, 0.6) is 5.75 Å². The molecule has 1 N–H and O–H groups in total. The summed E-state index contributed by atoms with van der Waals surface area (Å²) in [5, 5.41) is 3.99. The molecule has 1 amide bonds. The first kappa shape index (κ1) is 17.9. The Hall–Kier alpha value is -1.90. The van der Waals surface area contributed by atoms with Gasteiger partial charge in [-0.15, -0.1) is 11.3 Å². The molecule has 0 bridgehead atoms. The number of methoxy groups -OCH3 is 1. The van der Waals surface area contributed by atoms with Crippen molar-refractivity contribution in [2.75, 3.05) is 12.9 Å². The number of ether oxygens (including phenoxy) is 1. The van der Waals surface area contributed by atoms with Crippen LogP contribution >= 0.6 is 39.0 Å².